The highest BCUT2D eigenvalue weighted by molar-refractivity contribution is 5.69. The van der Waals surface area contributed by atoms with Gasteiger partial charge in [0.05, 0.1) is 0 Å². The molecular formula is C21H41NO2. The summed E-state index contributed by atoms with van der Waals surface area (Å²) in [6.45, 7) is 7.12. The molecule has 142 valence electrons. The van der Waals surface area contributed by atoms with E-state index in [0.717, 1.165) is 38.6 Å². The number of carbonyl (C=O) groups is 1. The lowest BCUT2D eigenvalue weighted by molar-refractivity contribution is -0.149. The maximum absolute atomic E-state index is 12.0. The molecule has 24 heavy (non-hydrogen) atoms. The van der Waals surface area contributed by atoms with Crippen molar-refractivity contribution in [1.29, 1.82) is 0 Å². The second-order valence-electron chi connectivity index (χ2n) is 6.81. The van der Waals surface area contributed by atoms with Crippen LogP contribution in [0.3, 0.4) is 0 Å². The summed E-state index contributed by atoms with van der Waals surface area (Å²) in [5.74, 6) is -0.0249. The van der Waals surface area contributed by atoms with Crippen LogP contribution in [0.4, 0.5) is 0 Å². The van der Waals surface area contributed by atoms with Crippen LogP contribution in [0.15, 0.2) is 12.7 Å². The van der Waals surface area contributed by atoms with Crippen LogP contribution in [0.25, 0.3) is 0 Å². The zero-order valence-corrected chi connectivity index (χ0v) is 16.3. The number of esters is 1. The topological polar surface area (TPSA) is 38.3 Å². The second-order valence-corrected chi connectivity index (χ2v) is 6.81. The van der Waals surface area contributed by atoms with E-state index in [2.05, 4.69) is 18.8 Å². The number of carbonyl (C=O) groups excluding carboxylic acids is 1. The fourth-order valence-electron chi connectivity index (χ4n) is 2.91. The van der Waals surface area contributed by atoms with Gasteiger partial charge in [0.15, 0.2) is 0 Å². The molecule has 0 saturated carbocycles. The van der Waals surface area contributed by atoms with Crippen LogP contribution in [-0.4, -0.2) is 25.7 Å². The minimum absolute atomic E-state index is 0.0249. The van der Waals surface area contributed by atoms with Crippen LogP contribution in [-0.2, 0) is 9.53 Å². The van der Waals surface area contributed by atoms with E-state index < -0.39 is 0 Å². The maximum Gasteiger partial charge on any atom is 0.306 e. The molecule has 1 unspecified atom stereocenters. The lowest BCUT2D eigenvalue weighted by Crippen LogP contribution is -2.17. The van der Waals surface area contributed by atoms with Crippen molar-refractivity contribution in [2.75, 3.05) is 13.6 Å². The molecule has 0 spiro atoms. The molecule has 0 heterocycles. The number of hydrogen-bond donors (Lipinski definition) is 1. The van der Waals surface area contributed by atoms with Gasteiger partial charge in [-0.25, -0.2) is 0 Å². The molecule has 0 aromatic heterocycles. The standard InChI is InChI=1S/C21H41NO2/c1-4-6-7-8-10-13-17-20(16-5-2)24-21(23)18-14-11-9-12-15-19-22-3/h5,20,22H,2,4,6-19H2,1,3H3. The first kappa shape index (κ1) is 23.2. The average molecular weight is 340 g/mol. The summed E-state index contributed by atoms with van der Waals surface area (Å²) >= 11 is 0. The smallest absolute Gasteiger partial charge is 0.306 e. The van der Waals surface area contributed by atoms with Crippen molar-refractivity contribution in [1.82, 2.24) is 5.32 Å². The summed E-state index contributed by atoms with van der Waals surface area (Å²) in [5, 5.41) is 3.16. The Labute approximate surface area is 150 Å². The summed E-state index contributed by atoms with van der Waals surface area (Å²) in [6, 6.07) is 0. The van der Waals surface area contributed by atoms with Gasteiger partial charge in [-0.3, -0.25) is 4.79 Å². The van der Waals surface area contributed by atoms with E-state index in [1.165, 1.54) is 51.4 Å². The highest BCUT2D eigenvalue weighted by atomic mass is 16.5. The fourth-order valence-corrected chi connectivity index (χ4v) is 2.91. The predicted octanol–water partition coefficient (Wildman–Crippen LogP) is 5.78. The van der Waals surface area contributed by atoms with Crippen LogP contribution >= 0.6 is 0 Å². The van der Waals surface area contributed by atoms with Gasteiger partial charge in [-0.05, 0) is 39.3 Å². The van der Waals surface area contributed by atoms with E-state index >= 15 is 0 Å². The molecule has 3 nitrogen and oxygen atoms in total. The van der Waals surface area contributed by atoms with Gasteiger partial charge in [0.1, 0.15) is 6.10 Å². The largest absolute Gasteiger partial charge is 0.462 e. The van der Waals surface area contributed by atoms with Crippen LogP contribution < -0.4 is 5.32 Å². The van der Waals surface area contributed by atoms with E-state index in [1.807, 2.05) is 13.1 Å². The second kappa shape index (κ2) is 18.5. The fraction of sp³-hybridized carbons (Fsp3) is 0.857. The van der Waals surface area contributed by atoms with Crippen LogP contribution in [0.5, 0.6) is 0 Å². The van der Waals surface area contributed by atoms with E-state index in [-0.39, 0.29) is 12.1 Å². The summed E-state index contributed by atoms with van der Waals surface area (Å²) in [5.41, 5.74) is 0. The first-order valence-corrected chi connectivity index (χ1v) is 10.2. The lowest BCUT2D eigenvalue weighted by Gasteiger charge is -2.16. The molecule has 0 aliphatic heterocycles. The van der Waals surface area contributed by atoms with Gasteiger partial charge in [0.2, 0.25) is 0 Å². The quantitative estimate of drug-likeness (QED) is 0.195. The minimum atomic E-state index is -0.0249. The molecule has 1 atom stereocenters. The molecule has 0 aliphatic carbocycles. The normalized spacial score (nSPS) is 12.1. The Hall–Kier alpha value is -0.830. The Morgan fingerprint density at radius 3 is 2.29 bits per heavy atom. The number of rotatable bonds is 18. The van der Waals surface area contributed by atoms with Crippen LogP contribution in [0, 0.1) is 0 Å². The Balaban J connectivity index is 3.68. The number of ether oxygens (including phenoxy) is 1. The van der Waals surface area contributed by atoms with E-state index in [0.29, 0.717) is 6.42 Å². The molecule has 0 aliphatic rings. The molecule has 0 amide bonds. The van der Waals surface area contributed by atoms with E-state index in [1.54, 1.807) is 0 Å². The molecule has 0 fully saturated rings. The van der Waals surface area contributed by atoms with Crippen LogP contribution in [0.2, 0.25) is 0 Å². The number of unbranched alkanes of at least 4 members (excludes halogenated alkanes) is 9. The van der Waals surface area contributed by atoms with Crippen molar-refractivity contribution in [3.8, 4) is 0 Å². The highest BCUT2D eigenvalue weighted by Gasteiger charge is 2.12. The summed E-state index contributed by atoms with van der Waals surface area (Å²) in [4.78, 5) is 12.0. The Morgan fingerprint density at radius 1 is 1.00 bits per heavy atom. The van der Waals surface area contributed by atoms with Gasteiger partial charge in [0.25, 0.3) is 0 Å². The van der Waals surface area contributed by atoms with E-state index in [9.17, 15) is 4.79 Å². The monoisotopic (exact) mass is 339 g/mol. The molecule has 0 bridgehead atoms. The maximum atomic E-state index is 12.0. The molecule has 0 rings (SSSR count). The van der Waals surface area contributed by atoms with Gasteiger partial charge in [-0.15, -0.1) is 6.58 Å². The lowest BCUT2D eigenvalue weighted by atomic mass is 10.1. The van der Waals surface area contributed by atoms with Crippen molar-refractivity contribution in [3.63, 3.8) is 0 Å². The van der Waals surface area contributed by atoms with Gasteiger partial charge in [-0.1, -0.05) is 64.4 Å². The zero-order chi connectivity index (χ0) is 17.9. The first-order valence-electron chi connectivity index (χ1n) is 10.2. The third-order valence-electron chi connectivity index (χ3n) is 4.42. The van der Waals surface area contributed by atoms with E-state index in [4.69, 9.17) is 4.74 Å². The first-order chi connectivity index (χ1) is 11.7. The molecule has 1 N–H and O–H groups in total. The summed E-state index contributed by atoms with van der Waals surface area (Å²) in [6.07, 6.45) is 17.6. The molecule has 0 radical (unpaired) electrons. The van der Waals surface area contributed by atoms with Gasteiger partial charge >= 0.3 is 5.97 Å². The van der Waals surface area contributed by atoms with Gasteiger partial charge in [0, 0.05) is 12.8 Å². The average Bonchev–Trinajstić information content (AvgIpc) is 2.57. The minimum Gasteiger partial charge on any atom is -0.462 e. The molecule has 0 saturated heterocycles. The molecule has 0 aromatic carbocycles. The molecular weight excluding hydrogens is 298 g/mol. The Bertz CT molecular complexity index is 292. The van der Waals surface area contributed by atoms with Gasteiger partial charge in [-0.2, -0.15) is 0 Å². The van der Waals surface area contributed by atoms with Crippen molar-refractivity contribution < 1.29 is 9.53 Å². The van der Waals surface area contributed by atoms with Crippen molar-refractivity contribution >= 4 is 5.97 Å². The van der Waals surface area contributed by atoms with Crippen molar-refractivity contribution in [2.45, 2.75) is 103 Å². The Morgan fingerprint density at radius 2 is 1.62 bits per heavy atom. The third-order valence-corrected chi connectivity index (χ3v) is 4.42. The Kier molecular flexibility index (Phi) is 17.9. The summed E-state index contributed by atoms with van der Waals surface area (Å²) < 4.78 is 5.64. The molecule has 3 heteroatoms. The SMILES string of the molecule is C=CCC(CCCCCCCC)OC(=O)CCCCCCCNC. The number of nitrogens with one attached hydrogen (secondary N) is 1. The summed E-state index contributed by atoms with van der Waals surface area (Å²) in [7, 11) is 1.99. The zero-order valence-electron chi connectivity index (χ0n) is 16.3. The highest BCUT2D eigenvalue weighted by Crippen LogP contribution is 2.15. The molecule has 0 aromatic rings. The van der Waals surface area contributed by atoms with Crippen molar-refractivity contribution in [3.05, 3.63) is 12.7 Å². The number of hydrogen-bond acceptors (Lipinski definition) is 3. The predicted molar refractivity (Wildman–Crippen MR) is 104 cm³/mol. The van der Waals surface area contributed by atoms with Crippen molar-refractivity contribution in [2.24, 2.45) is 0 Å². The van der Waals surface area contributed by atoms with Crippen LogP contribution in [0.1, 0.15) is 96.8 Å². The van der Waals surface area contributed by atoms with Gasteiger partial charge < -0.3 is 10.1 Å². The third kappa shape index (κ3) is 16.0.